The lowest BCUT2D eigenvalue weighted by Gasteiger charge is -2.12. The molecule has 0 amide bonds. The van der Waals surface area contributed by atoms with E-state index in [4.69, 9.17) is 16.3 Å². The summed E-state index contributed by atoms with van der Waals surface area (Å²) in [5.74, 6) is 1.06. The minimum absolute atomic E-state index is 0.200. The largest absolute Gasteiger partial charge is 0.437 e. The summed E-state index contributed by atoms with van der Waals surface area (Å²) in [5, 5.41) is 3.39. The van der Waals surface area contributed by atoms with E-state index >= 15 is 0 Å². The topological polar surface area (TPSA) is 47.0 Å². The number of benzene rings is 1. The predicted octanol–water partition coefficient (Wildman–Crippen LogP) is 4.19. The average Bonchev–Trinajstić information content (AvgIpc) is 2.42. The smallest absolute Gasteiger partial charge is 0.227 e. The third kappa shape index (κ3) is 3.36. The molecule has 0 bridgehead atoms. The second-order valence-corrected chi connectivity index (χ2v) is 4.66. The Balaban J connectivity index is 2.24. The van der Waals surface area contributed by atoms with Crippen molar-refractivity contribution in [2.45, 2.75) is 20.3 Å². The molecule has 0 saturated carbocycles. The maximum atomic E-state index is 13.0. The molecule has 4 nitrogen and oxygen atoms in total. The first-order chi connectivity index (χ1) is 9.61. The number of hydrogen-bond donors (Lipinski definition) is 1. The normalized spacial score (nSPS) is 10.4. The van der Waals surface area contributed by atoms with Crippen molar-refractivity contribution in [2.75, 3.05) is 11.9 Å². The number of rotatable bonds is 5. The molecule has 0 atom stereocenters. The molecule has 0 radical (unpaired) electrons. The lowest BCUT2D eigenvalue weighted by atomic mass is 10.3. The van der Waals surface area contributed by atoms with Gasteiger partial charge in [-0.2, -0.15) is 0 Å². The van der Waals surface area contributed by atoms with Crippen LogP contribution in [-0.2, 0) is 0 Å². The van der Waals surface area contributed by atoms with Gasteiger partial charge in [0.25, 0.3) is 0 Å². The number of halogens is 2. The van der Waals surface area contributed by atoms with Crippen LogP contribution in [0.15, 0.2) is 24.5 Å². The van der Waals surface area contributed by atoms with Crippen LogP contribution in [0.5, 0.6) is 11.6 Å². The summed E-state index contributed by atoms with van der Waals surface area (Å²) in [5.41, 5.74) is 0.779. The second-order valence-electron chi connectivity index (χ2n) is 4.26. The SMILES string of the molecule is CCCNc1ncnc(Oc2ccc(F)cc2Cl)c1C. The van der Waals surface area contributed by atoms with Gasteiger partial charge in [-0.1, -0.05) is 18.5 Å². The Morgan fingerprint density at radius 1 is 1.35 bits per heavy atom. The average molecular weight is 296 g/mol. The zero-order chi connectivity index (χ0) is 14.5. The Labute approximate surface area is 122 Å². The van der Waals surface area contributed by atoms with Gasteiger partial charge in [-0.05, 0) is 31.5 Å². The molecular formula is C14H15ClFN3O. The molecule has 0 aliphatic heterocycles. The Bertz CT molecular complexity index is 607. The number of hydrogen-bond acceptors (Lipinski definition) is 4. The zero-order valence-electron chi connectivity index (χ0n) is 11.3. The molecule has 0 fully saturated rings. The highest BCUT2D eigenvalue weighted by atomic mass is 35.5. The lowest BCUT2D eigenvalue weighted by molar-refractivity contribution is 0.456. The highest BCUT2D eigenvalue weighted by Crippen LogP contribution is 2.31. The molecule has 0 unspecified atom stereocenters. The van der Waals surface area contributed by atoms with Crippen LogP contribution in [0.3, 0.4) is 0 Å². The molecule has 20 heavy (non-hydrogen) atoms. The van der Waals surface area contributed by atoms with E-state index in [1.54, 1.807) is 0 Å². The maximum Gasteiger partial charge on any atom is 0.227 e. The third-order valence-electron chi connectivity index (χ3n) is 2.68. The summed E-state index contributed by atoms with van der Waals surface area (Å²) >= 11 is 5.93. The quantitative estimate of drug-likeness (QED) is 0.898. The van der Waals surface area contributed by atoms with Crippen molar-refractivity contribution in [3.8, 4) is 11.6 Å². The summed E-state index contributed by atoms with van der Waals surface area (Å²) in [4.78, 5) is 8.24. The van der Waals surface area contributed by atoms with Crippen LogP contribution in [0, 0.1) is 12.7 Å². The number of anilines is 1. The van der Waals surface area contributed by atoms with Crippen LogP contribution in [0.4, 0.5) is 10.2 Å². The highest BCUT2D eigenvalue weighted by molar-refractivity contribution is 6.32. The summed E-state index contributed by atoms with van der Waals surface area (Å²) in [6.45, 7) is 4.73. The van der Waals surface area contributed by atoms with E-state index in [9.17, 15) is 4.39 Å². The first kappa shape index (κ1) is 14.5. The molecule has 2 aromatic rings. The van der Waals surface area contributed by atoms with Gasteiger partial charge in [0.1, 0.15) is 23.7 Å². The Kier molecular flexibility index (Phi) is 4.74. The fourth-order valence-corrected chi connectivity index (χ4v) is 1.83. The first-order valence-corrected chi connectivity index (χ1v) is 6.68. The number of nitrogens with zero attached hydrogens (tertiary/aromatic N) is 2. The van der Waals surface area contributed by atoms with Crippen molar-refractivity contribution in [1.82, 2.24) is 9.97 Å². The van der Waals surface area contributed by atoms with Gasteiger partial charge in [0.15, 0.2) is 0 Å². The van der Waals surface area contributed by atoms with Crippen molar-refractivity contribution >= 4 is 17.4 Å². The molecule has 1 aromatic carbocycles. The summed E-state index contributed by atoms with van der Waals surface area (Å²) in [6.07, 6.45) is 2.40. The van der Waals surface area contributed by atoms with Gasteiger partial charge < -0.3 is 10.1 Å². The molecule has 1 heterocycles. The van der Waals surface area contributed by atoms with Gasteiger partial charge in [-0.3, -0.25) is 0 Å². The van der Waals surface area contributed by atoms with E-state index in [2.05, 4.69) is 22.2 Å². The highest BCUT2D eigenvalue weighted by Gasteiger charge is 2.11. The van der Waals surface area contributed by atoms with Crippen LogP contribution in [0.2, 0.25) is 5.02 Å². The van der Waals surface area contributed by atoms with Crippen LogP contribution in [-0.4, -0.2) is 16.5 Å². The molecule has 1 aromatic heterocycles. The van der Waals surface area contributed by atoms with Gasteiger partial charge in [0, 0.05) is 6.54 Å². The predicted molar refractivity (Wildman–Crippen MR) is 77.0 cm³/mol. The van der Waals surface area contributed by atoms with Gasteiger partial charge in [0.05, 0.1) is 10.6 Å². The van der Waals surface area contributed by atoms with Gasteiger partial charge in [-0.15, -0.1) is 0 Å². The van der Waals surface area contributed by atoms with Gasteiger partial charge in [-0.25, -0.2) is 14.4 Å². The fourth-order valence-electron chi connectivity index (χ4n) is 1.62. The van der Waals surface area contributed by atoms with Crippen LogP contribution in [0.1, 0.15) is 18.9 Å². The Morgan fingerprint density at radius 2 is 2.15 bits per heavy atom. The molecule has 1 N–H and O–H groups in total. The van der Waals surface area contributed by atoms with E-state index in [0.717, 1.165) is 24.3 Å². The van der Waals surface area contributed by atoms with E-state index in [-0.39, 0.29) is 5.02 Å². The minimum atomic E-state index is -0.410. The lowest BCUT2D eigenvalue weighted by Crippen LogP contribution is -2.05. The maximum absolute atomic E-state index is 13.0. The summed E-state index contributed by atoms with van der Waals surface area (Å²) in [7, 11) is 0. The zero-order valence-corrected chi connectivity index (χ0v) is 12.0. The van der Waals surface area contributed by atoms with Gasteiger partial charge >= 0.3 is 0 Å². The van der Waals surface area contributed by atoms with E-state index in [1.165, 1.54) is 24.5 Å². The molecule has 6 heteroatoms. The second kappa shape index (κ2) is 6.52. The molecule has 0 spiro atoms. The summed E-state index contributed by atoms with van der Waals surface area (Å²) < 4.78 is 18.6. The molecule has 0 saturated heterocycles. The van der Waals surface area contributed by atoms with E-state index in [0.29, 0.717) is 11.6 Å². The molecule has 2 rings (SSSR count). The Hall–Kier alpha value is -1.88. The molecule has 0 aliphatic rings. The van der Waals surface area contributed by atoms with Crippen molar-refractivity contribution < 1.29 is 9.13 Å². The molecule has 0 aliphatic carbocycles. The van der Waals surface area contributed by atoms with Crippen LogP contribution in [0.25, 0.3) is 0 Å². The minimum Gasteiger partial charge on any atom is -0.437 e. The van der Waals surface area contributed by atoms with Crippen LogP contribution >= 0.6 is 11.6 Å². The number of aromatic nitrogens is 2. The number of ether oxygens (including phenoxy) is 1. The molecule has 106 valence electrons. The van der Waals surface area contributed by atoms with Crippen molar-refractivity contribution in [1.29, 1.82) is 0 Å². The summed E-state index contributed by atoms with van der Waals surface area (Å²) in [6, 6.07) is 3.95. The molecular weight excluding hydrogens is 281 g/mol. The van der Waals surface area contributed by atoms with Crippen molar-refractivity contribution in [2.24, 2.45) is 0 Å². The van der Waals surface area contributed by atoms with E-state index < -0.39 is 5.82 Å². The standard InChI is InChI=1S/C14H15ClFN3O/c1-3-6-17-13-9(2)14(19-8-18-13)20-12-5-4-10(16)7-11(12)15/h4-5,7-8H,3,6H2,1-2H3,(H,17,18,19). The van der Waals surface area contributed by atoms with Crippen molar-refractivity contribution in [3.05, 3.63) is 40.9 Å². The first-order valence-electron chi connectivity index (χ1n) is 6.30. The number of nitrogens with one attached hydrogen (secondary N) is 1. The monoisotopic (exact) mass is 295 g/mol. The Morgan fingerprint density at radius 3 is 2.85 bits per heavy atom. The van der Waals surface area contributed by atoms with E-state index in [1.807, 2.05) is 6.92 Å². The van der Waals surface area contributed by atoms with Crippen LogP contribution < -0.4 is 10.1 Å². The van der Waals surface area contributed by atoms with Crippen molar-refractivity contribution in [3.63, 3.8) is 0 Å². The van der Waals surface area contributed by atoms with Gasteiger partial charge in [0.2, 0.25) is 5.88 Å². The fraction of sp³-hybridized carbons (Fsp3) is 0.286. The third-order valence-corrected chi connectivity index (χ3v) is 2.98.